The van der Waals surface area contributed by atoms with Crippen molar-refractivity contribution >= 4 is 22.5 Å². The predicted molar refractivity (Wildman–Crippen MR) is 72.5 cm³/mol. The van der Waals surface area contributed by atoms with Gasteiger partial charge in [0.25, 0.3) is 0 Å². The summed E-state index contributed by atoms with van der Waals surface area (Å²) in [7, 11) is 0. The number of halogens is 2. The lowest BCUT2D eigenvalue weighted by molar-refractivity contribution is 0.624. The van der Waals surface area contributed by atoms with Crippen molar-refractivity contribution < 1.29 is 4.39 Å². The van der Waals surface area contributed by atoms with Gasteiger partial charge in [0, 0.05) is 28.7 Å². The Bertz CT molecular complexity index is 703. The zero-order valence-corrected chi connectivity index (χ0v) is 10.4. The average molecular weight is 260 g/mol. The third-order valence-electron chi connectivity index (χ3n) is 2.97. The van der Waals surface area contributed by atoms with Gasteiger partial charge in [-0.1, -0.05) is 23.7 Å². The van der Waals surface area contributed by atoms with Crippen molar-refractivity contribution in [3.63, 3.8) is 0 Å². The Hall–Kier alpha value is -1.80. The van der Waals surface area contributed by atoms with Crippen molar-refractivity contribution in [1.82, 2.24) is 4.57 Å². The van der Waals surface area contributed by atoms with Gasteiger partial charge >= 0.3 is 0 Å². The van der Waals surface area contributed by atoms with Gasteiger partial charge in [0.05, 0.1) is 0 Å². The first-order valence-electron chi connectivity index (χ1n) is 5.71. The molecule has 0 N–H and O–H groups in total. The molecule has 18 heavy (non-hydrogen) atoms. The van der Waals surface area contributed by atoms with Crippen LogP contribution in [0.4, 0.5) is 4.39 Å². The maximum atomic E-state index is 13.1. The lowest BCUT2D eigenvalue weighted by Gasteiger charge is -2.06. The van der Waals surface area contributed by atoms with Crippen LogP contribution >= 0.6 is 11.6 Å². The van der Waals surface area contributed by atoms with Gasteiger partial charge in [0.15, 0.2) is 0 Å². The quantitative estimate of drug-likeness (QED) is 0.639. The molecule has 90 valence electrons. The van der Waals surface area contributed by atoms with E-state index in [0.29, 0.717) is 6.54 Å². The fourth-order valence-corrected chi connectivity index (χ4v) is 2.32. The molecule has 1 heterocycles. The summed E-state index contributed by atoms with van der Waals surface area (Å²) in [5.74, 6) is -0.202. The SMILES string of the molecule is Fc1cccc(Cn2ccc3cc(Cl)ccc32)c1. The number of rotatable bonds is 2. The van der Waals surface area contributed by atoms with Crippen LogP contribution in [0.5, 0.6) is 0 Å². The average Bonchev–Trinajstić information content (AvgIpc) is 2.72. The van der Waals surface area contributed by atoms with Gasteiger partial charge in [-0.25, -0.2) is 4.39 Å². The number of nitrogens with zero attached hydrogens (tertiary/aromatic N) is 1. The molecule has 0 spiro atoms. The molecule has 0 bridgehead atoms. The van der Waals surface area contributed by atoms with Crippen molar-refractivity contribution in [1.29, 1.82) is 0 Å². The van der Waals surface area contributed by atoms with Crippen LogP contribution in [0.25, 0.3) is 10.9 Å². The molecule has 1 aromatic heterocycles. The Kier molecular flexibility index (Phi) is 2.80. The second kappa shape index (κ2) is 4.46. The van der Waals surface area contributed by atoms with E-state index in [4.69, 9.17) is 11.6 Å². The summed E-state index contributed by atoms with van der Waals surface area (Å²) >= 11 is 5.95. The predicted octanol–water partition coefficient (Wildman–Crippen LogP) is 4.48. The molecular weight excluding hydrogens is 249 g/mol. The van der Waals surface area contributed by atoms with Gasteiger partial charge in [-0.3, -0.25) is 0 Å². The van der Waals surface area contributed by atoms with E-state index in [0.717, 1.165) is 21.5 Å². The number of hydrogen-bond acceptors (Lipinski definition) is 0. The number of benzene rings is 2. The van der Waals surface area contributed by atoms with Crippen LogP contribution in [-0.2, 0) is 6.54 Å². The van der Waals surface area contributed by atoms with Crippen LogP contribution in [0.1, 0.15) is 5.56 Å². The zero-order valence-electron chi connectivity index (χ0n) is 9.61. The lowest BCUT2D eigenvalue weighted by Crippen LogP contribution is -1.97. The third-order valence-corrected chi connectivity index (χ3v) is 3.21. The molecule has 3 aromatic rings. The molecule has 0 fully saturated rings. The molecule has 0 saturated carbocycles. The first-order chi connectivity index (χ1) is 8.72. The number of fused-ring (bicyclic) bond motifs is 1. The summed E-state index contributed by atoms with van der Waals surface area (Å²) in [5, 5.41) is 1.82. The summed E-state index contributed by atoms with van der Waals surface area (Å²) in [4.78, 5) is 0. The summed E-state index contributed by atoms with van der Waals surface area (Å²) in [5.41, 5.74) is 2.05. The molecule has 3 heteroatoms. The van der Waals surface area contributed by atoms with Gasteiger partial charge in [-0.05, 0) is 42.0 Å². The second-order valence-electron chi connectivity index (χ2n) is 4.28. The summed E-state index contributed by atoms with van der Waals surface area (Å²) in [6.45, 7) is 0.656. The minimum Gasteiger partial charge on any atom is -0.343 e. The molecule has 0 unspecified atom stereocenters. The van der Waals surface area contributed by atoms with Gasteiger partial charge in [-0.2, -0.15) is 0 Å². The summed E-state index contributed by atoms with van der Waals surface area (Å²) in [6.07, 6.45) is 1.99. The van der Waals surface area contributed by atoms with E-state index < -0.39 is 0 Å². The molecular formula is C15H11ClFN. The molecule has 0 aliphatic carbocycles. The number of aromatic nitrogens is 1. The summed E-state index contributed by atoms with van der Waals surface area (Å²) in [6, 6.07) is 14.5. The minimum absolute atomic E-state index is 0.202. The molecule has 1 nitrogen and oxygen atoms in total. The number of hydrogen-bond donors (Lipinski definition) is 0. The third kappa shape index (κ3) is 2.12. The van der Waals surface area contributed by atoms with E-state index in [1.807, 2.05) is 36.5 Å². The van der Waals surface area contributed by atoms with Crippen molar-refractivity contribution in [2.24, 2.45) is 0 Å². The summed E-state index contributed by atoms with van der Waals surface area (Å²) < 4.78 is 15.2. The van der Waals surface area contributed by atoms with E-state index in [2.05, 4.69) is 4.57 Å². The van der Waals surface area contributed by atoms with Crippen LogP contribution in [0.3, 0.4) is 0 Å². The van der Waals surface area contributed by atoms with Crippen LogP contribution in [0.2, 0.25) is 5.02 Å². The minimum atomic E-state index is -0.202. The van der Waals surface area contributed by atoms with Crippen LogP contribution in [0.15, 0.2) is 54.7 Å². The Balaban J connectivity index is 2.00. The van der Waals surface area contributed by atoms with Crippen LogP contribution in [-0.4, -0.2) is 4.57 Å². The highest BCUT2D eigenvalue weighted by Gasteiger charge is 2.03. The topological polar surface area (TPSA) is 4.93 Å². The Morgan fingerprint density at radius 1 is 1.06 bits per heavy atom. The molecule has 0 aliphatic heterocycles. The Morgan fingerprint density at radius 3 is 2.78 bits per heavy atom. The first kappa shape index (κ1) is 11.3. The van der Waals surface area contributed by atoms with Crippen molar-refractivity contribution in [3.05, 3.63) is 71.1 Å². The smallest absolute Gasteiger partial charge is 0.123 e. The van der Waals surface area contributed by atoms with E-state index in [1.165, 1.54) is 6.07 Å². The van der Waals surface area contributed by atoms with Crippen LogP contribution < -0.4 is 0 Å². The fraction of sp³-hybridized carbons (Fsp3) is 0.0667. The fourth-order valence-electron chi connectivity index (χ4n) is 2.14. The molecule has 0 saturated heterocycles. The highest BCUT2D eigenvalue weighted by atomic mass is 35.5. The largest absolute Gasteiger partial charge is 0.343 e. The van der Waals surface area contributed by atoms with Crippen molar-refractivity contribution in [3.8, 4) is 0 Å². The van der Waals surface area contributed by atoms with E-state index in [-0.39, 0.29) is 5.82 Å². The van der Waals surface area contributed by atoms with Gasteiger partial charge in [0.2, 0.25) is 0 Å². The first-order valence-corrected chi connectivity index (χ1v) is 6.09. The standard InChI is InChI=1S/C15H11ClFN/c16-13-4-5-15-12(9-13)6-7-18(15)10-11-2-1-3-14(17)8-11/h1-9H,10H2. The molecule has 3 rings (SSSR count). The monoisotopic (exact) mass is 259 g/mol. The lowest BCUT2D eigenvalue weighted by atomic mass is 10.2. The van der Waals surface area contributed by atoms with Crippen LogP contribution in [0, 0.1) is 5.82 Å². The zero-order chi connectivity index (χ0) is 12.5. The van der Waals surface area contributed by atoms with Gasteiger partial charge in [-0.15, -0.1) is 0 Å². The molecule has 0 radical (unpaired) electrons. The van der Waals surface area contributed by atoms with E-state index in [1.54, 1.807) is 12.1 Å². The Morgan fingerprint density at radius 2 is 1.94 bits per heavy atom. The van der Waals surface area contributed by atoms with E-state index >= 15 is 0 Å². The molecule has 0 amide bonds. The van der Waals surface area contributed by atoms with Crippen molar-refractivity contribution in [2.75, 3.05) is 0 Å². The highest BCUT2D eigenvalue weighted by molar-refractivity contribution is 6.31. The van der Waals surface area contributed by atoms with E-state index in [9.17, 15) is 4.39 Å². The van der Waals surface area contributed by atoms with Gasteiger partial charge in [0.1, 0.15) is 5.82 Å². The molecule has 0 atom stereocenters. The van der Waals surface area contributed by atoms with Crippen molar-refractivity contribution in [2.45, 2.75) is 6.54 Å². The van der Waals surface area contributed by atoms with Gasteiger partial charge < -0.3 is 4.57 Å². The molecule has 2 aromatic carbocycles. The second-order valence-corrected chi connectivity index (χ2v) is 4.71. The molecule has 0 aliphatic rings. The maximum absolute atomic E-state index is 13.1. The normalized spacial score (nSPS) is 11.0. The Labute approximate surface area is 109 Å². The highest BCUT2D eigenvalue weighted by Crippen LogP contribution is 2.21. The maximum Gasteiger partial charge on any atom is 0.123 e.